The van der Waals surface area contributed by atoms with Crippen molar-refractivity contribution in [3.8, 4) is 0 Å². The third kappa shape index (κ3) is 6.78. The predicted molar refractivity (Wildman–Crippen MR) is 54.9 cm³/mol. The second-order valence-corrected chi connectivity index (χ2v) is 3.31. The highest BCUT2D eigenvalue weighted by Gasteiger charge is 2.20. The Morgan fingerprint density at radius 3 is 2.20 bits per heavy atom. The van der Waals surface area contributed by atoms with Gasteiger partial charge in [0.1, 0.15) is 6.04 Å². The number of hydrogen-bond acceptors (Lipinski definition) is 4. The molecule has 0 aromatic carbocycles. The molecule has 1 amide bonds. The maximum Gasteiger partial charge on any atom is 0.326 e. The van der Waals surface area contributed by atoms with Crippen LogP contribution in [0.15, 0.2) is 0 Å². The predicted octanol–water partition coefficient (Wildman–Crippen LogP) is -0.260. The highest BCUT2D eigenvalue weighted by atomic mass is 32.1. The van der Waals surface area contributed by atoms with E-state index in [1.807, 2.05) is 0 Å². The number of hydrogen-bond donors (Lipinski definition) is 4. The summed E-state index contributed by atoms with van der Waals surface area (Å²) in [6.07, 6.45) is -0.305. The Balaban J connectivity index is 4.10. The molecule has 1 atom stereocenters. The standard InChI is InChI=1S/C8H13NO5S/c10-6(3-4-15)9-5(8(13)14)1-2-7(11)12/h5,15H,1-4H2,(H,9,10)(H,11,12)(H,13,14)/t5-/m0/s1. The Morgan fingerprint density at radius 2 is 1.80 bits per heavy atom. The van der Waals surface area contributed by atoms with Crippen LogP contribution in [0.1, 0.15) is 19.3 Å². The fourth-order valence-electron chi connectivity index (χ4n) is 0.893. The van der Waals surface area contributed by atoms with E-state index < -0.39 is 23.9 Å². The Morgan fingerprint density at radius 1 is 1.20 bits per heavy atom. The number of carboxylic acid groups (broad SMARTS) is 2. The molecule has 6 nitrogen and oxygen atoms in total. The molecule has 0 aromatic rings. The molecule has 86 valence electrons. The summed E-state index contributed by atoms with van der Waals surface area (Å²) in [5.74, 6) is -2.45. The van der Waals surface area contributed by atoms with E-state index >= 15 is 0 Å². The lowest BCUT2D eigenvalue weighted by molar-refractivity contribution is -0.143. The first kappa shape index (κ1) is 13.8. The van der Waals surface area contributed by atoms with E-state index in [1.165, 1.54) is 0 Å². The van der Waals surface area contributed by atoms with Gasteiger partial charge in [0, 0.05) is 12.8 Å². The molecule has 0 aromatic heterocycles. The lowest BCUT2D eigenvalue weighted by Crippen LogP contribution is -2.41. The monoisotopic (exact) mass is 235 g/mol. The molecule has 0 aliphatic rings. The molecule has 0 saturated carbocycles. The molecule has 0 heterocycles. The number of aliphatic carboxylic acids is 2. The first-order valence-electron chi connectivity index (χ1n) is 4.32. The van der Waals surface area contributed by atoms with Crippen molar-refractivity contribution in [2.75, 3.05) is 5.75 Å². The first-order valence-corrected chi connectivity index (χ1v) is 4.95. The molecule has 7 heteroatoms. The van der Waals surface area contributed by atoms with Crippen molar-refractivity contribution in [1.29, 1.82) is 0 Å². The van der Waals surface area contributed by atoms with Gasteiger partial charge in [-0.15, -0.1) is 0 Å². The average Bonchev–Trinajstić information content (AvgIpc) is 2.11. The van der Waals surface area contributed by atoms with Gasteiger partial charge in [-0.1, -0.05) is 0 Å². The van der Waals surface area contributed by atoms with Gasteiger partial charge < -0.3 is 15.5 Å². The Hall–Kier alpha value is -1.24. The molecule has 0 unspecified atom stereocenters. The molecule has 0 aliphatic carbocycles. The van der Waals surface area contributed by atoms with Crippen molar-refractivity contribution < 1.29 is 24.6 Å². The van der Waals surface area contributed by atoms with Crippen LogP contribution in [0, 0.1) is 0 Å². The summed E-state index contributed by atoms with van der Waals surface area (Å²) in [6.45, 7) is 0. The average molecular weight is 235 g/mol. The van der Waals surface area contributed by atoms with Crippen molar-refractivity contribution in [2.24, 2.45) is 0 Å². The summed E-state index contributed by atoms with van der Waals surface area (Å²) in [5.41, 5.74) is 0. The van der Waals surface area contributed by atoms with Crippen molar-refractivity contribution >= 4 is 30.5 Å². The van der Waals surface area contributed by atoms with E-state index in [0.29, 0.717) is 5.75 Å². The van der Waals surface area contributed by atoms with Crippen LogP contribution in [-0.4, -0.2) is 39.9 Å². The zero-order valence-electron chi connectivity index (χ0n) is 7.97. The number of nitrogens with one attached hydrogen (secondary N) is 1. The first-order chi connectivity index (χ1) is 6.97. The van der Waals surface area contributed by atoms with E-state index in [-0.39, 0.29) is 19.3 Å². The lowest BCUT2D eigenvalue weighted by atomic mass is 10.1. The topological polar surface area (TPSA) is 104 Å². The Kier molecular flexibility index (Phi) is 6.52. The highest BCUT2D eigenvalue weighted by Crippen LogP contribution is 1.99. The summed E-state index contributed by atoms with van der Waals surface area (Å²) >= 11 is 3.82. The molecule has 0 rings (SSSR count). The van der Waals surface area contributed by atoms with Gasteiger partial charge in [0.25, 0.3) is 0 Å². The number of carbonyl (C=O) groups excluding carboxylic acids is 1. The minimum absolute atomic E-state index is 0.111. The minimum atomic E-state index is -1.23. The largest absolute Gasteiger partial charge is 0.481 e. The molecular formula is C8H13NO5S. The van der Waals surface area contributed by atoms with Crippen LogP contribution < -0.4 is 5.32 Å². The number of thiol groups is 1. The Bertz CT molecular complexity index is 255. The minimum Gasteiger partial charge on any atom is -0.481 e. The van der Waals surface area contributed by atoms with E-state index in [2.05, 4.69) is 17.9 Å². The van der Waals surface area contributed by atoms with Crippen LogP contribution in [0.2, 0.25) is 0 Å². The third-order valence-corrected chi connectivity index (χ3v) is 1.84. The maximum atomic E-state index is 11.0. The van der Waals surface area contributed by atoms with E-state index in [4.69, 9.17) is 10.2 Å². The van der Waals surface area contributed by atoms with E-state index in [9.17, 15) is 14.4 Å². The quantitative estimate of drug-likeness (QED) is 0.455. The van der Waals surface area contributed by atoms with Gasteiger partial charge in [-0.3, -0.25) is 9.59 Å². The van der Waals surface area contributed by atoms with E-state index in [1.54, 1.807) is 0 Å². The summed E-state index contributed by atoms with van der Waals surface area (Å²) in [6, 6.07) is -1.14. The van der Waals surface area contributed by atoms with Crippen LogP contribution >= 0.6 is 12.6 Å². The van der Waals surface area contributed by atoms with Gasteiger partial charge in [0.15, 0.2) is 0 Å². The summed E-state index contributed by atoms with van der Waals surface area (Å²) in [4.78, 5) is 31.9. The van der Waals surface area contributed by atoms with Crippen molar-refractivity contribution in [1.82, 2.24) is 5.32 Å². The molecule has 0 aliphatic heterocycles. The zero-order chi connectivity index (χ0) is 11.8. The van der Waals surface area contributed by atoms with Crippen LogP contribution in [0.3, 0.4) is 0 Å². The van der Waals surface area contributed by atoms with Crippen molar-refractivity contribution in [3.63, 3.8) is 0 Å². The summed E-state index contributed by atoms with van der Waals surface area (Å²) in [5, 5.41) is 19.3. The maximum absolute atomic E-state index is 11.0. The van der Waals surface area contributed by atoms with Crippen molar-refractivity contribution in [3.05, 3.63) is 0 Å². The van der Waals surface area contributed by atoms with E-state index in [0.717, 1.165) is 0 Å². The Labute approximate surface area is 92.1 Å². The second-order valence-electron chi connectivity index (χ2n) is 2.86. The summed E-state index contributed by atoms with van der Waals surface area (Å²) < 4.78 is 0. The molecule has 0 fully saturated rings. The van der Waals surface area contributed by atoms with Gasteiger partial charge in [-0.25, -0.2) is 4.79 Å². The van der Waals surface area contributed by atoms with Gasteiger partial charge in [-0.05, 0) is 12.2 Å². The molecule has 0 radical (unpaired) electrons. The zero-order valence-corrected chi connectivity index (χ0v) is 8.87. The molecule has 3 N–H and O–H groups in total. The molecule has 0 spiro atoms. The van der Waals surface area contributed by atoms with Crippen LogP contribution in [0.25, 0.3) is 0 Å². The molecule has 15 heavy (non-hydrogen) atoms. The SMILES string of the molecule is O=C(O)CC[C@H](NC(=O)CCS)C(=O)O. The van der Waals surface area contributed by atoms with Crippen molar-refractivity contribution in [2.45, 2.75) is 25.3 Å². The van der Waals surface area contributed by atoms with Crippen LogP contribution in [0.4, 0.5) is 0 Å². The number of amides is 1. The van der Waals surface area contributed by atoms with Gasteiger partial charge in [-0.2, -0.15) is 12.6 Å². The summed E-state index contributed by atoms with van der Waals surface area (Å²) in [7, 11) is 0. The smallest absolute Gasteiger partial charge is 0.326 e. The van der Waals surface area contributed by atoms with Gasteiger partial charge in [0.05, 0.1) is 0 Å². The third-order valence-electron chi connectivity index (χ3n) is 1.62. The van der Waals surface area contributed by atoms with Gasteiger partial charge >= 0.3 is 11.9 Å². The molecule has 0 bridgehead atoms. The number of carbonyl (C=O) groups is 3. The fourth-order valence-corrected chi connectivity index (χ4v) is 1.10. The lowest BCUT2D eigenvalue weighted by Gasteiger charge is -2.12. The molecule has 0 saturated heterocycles. The van der Waals surface area contributed by atoms with Crippen LogP contribution in [0.5, 0.6) is 0 Å². The number of rotatable bonds is 7. The fraction of sp³-hybridized carbons (Fsp3) is 0.625. The second kappa shape index (κ2) is 7.10. The van der Waals surface area contributed by atoms with Crippen LogP contribution in [-0.2, 0) is 14.4 Å². The van der Waals surface area contributed by atoms with Gasteiger partial charge in [0.2, 0.25) is 5.91 Å². The normalized spacial score (nSPS) is 11.8. The highest BCUT2D eigenvalue weighted by molar-refractivity contribution is 7.80. The molecular weight excluding hydrogens is 222 g/mol. The number of carboxylic acids is 2.